The summed E-state index contributed by atoms with van der Waals surface area (Å²) < 4.78 is 0. The summed E-state index contributed by atoms with van der Waals surface area (Å²) in [7, 11) is 0. The van der Waals surface area contributed by atoms with Crippen molar-refractivity contribution in [1.82, 2.24) is 9.97 Å². The highest BCUT2D eigenvalue weighted by molar-refractivity contribution is 7.21. The van der Waals surface area contributed by atoms with E-state index >= 15 is 0 Å². The van der Waals surface area contributed by atoms with Crippen LogP contribution in [-0.2, 0) is 0 Å². The van der Waals surface area contributed by atoms with Gasteiger partial charge in [0.05, 0.1) is 11.4 Å². The molecule has 2 aromatic heterocycles. The van der Waals surface area contributed by atoms with Crippen LogP contribution in [0.15, 0.2) is 170 Å². The second kappa shape index (κ2) is 11.8. The van der Waals surface area contributed by atoms with Crippen molar-refractivity contribution in [2.45, 2.75) is 0 Å². The molecule has 0 amide bonds. The molecule has 45 heavy (non-hydrogen) atoms. The van der Waals surface area contributed by atoms with Crippen molar-refractivity contribution in [1.29, 1.82) is 0 Å². The highest BCUT2D eigenvalue weighted by atomic mass is 32.1. The van der Waals surface area contributed by atoms with E-state index in [0.29, 0.717) is 5.82 Å². The van der Waals surface area contributed by atoms with Gasteiger partial charge in [0.2, 0.25) is 0 Å². The van der Waals surface area contributed by atoms with Crippen LogP contribution in [0.4, 0.5) is 0 Å². The summed E-state index contributed by atoms with van der Waals surface area (Å²) in [5.41, 5.74) is 9.63. The summed E-state index contributed by atoms with van der Waals surface area (Å²) in [6, 6.07) is 59.5. The van der Waals surface area contributed by atoms with Gasteiger partial charge in [-0.1, -0.05) is 164 Å². The molecule has 8 aromatic rings. The van der Waals surface area contributed by atoms with Gasteiger partial charge in [-0.2, -0.15) is 0 Å². The molecule has 0 N–H and O–H groups in total. The summed E-state index contributed by atoms with van der Waals surface area (Å²) in [5.74, 6) is 0.710. The standard InChI is InChI=1S/C42H28N2S/c1-5-16-29(17-6-1)33-26-15-27-36(39(33)41-35-25-14-13-24-34(35)40(45-41)32-22-11-4-12-23-32)42-43-37(30-18-7-2-8-19-30)28-38(44-42)31-20-9-3-10-21-31/h1-28H. The van der Waals surface area contributed by atoms with Crippen LogP contribution in [0, 0.1) is 0 Å². The monoisotopic (exact) mass is 592 g/mol. The fourth-order valence-electron chi connectivity index (χ4n) is 6.00. The normalized spacial score (nSPS) is 11.1. The van der Waals surface area contributed by atoms with Crippen molar-refractivity contribution < 1.29 is 0 Å². The first-order valence-electron chi connectivity index (χ1n) is 15.1. The molecule has 0 radical (unpaired) electrons. The summed E-state index contributed by atoms with van der Waals surface area (Å²) in [6.45, 7) is 0. The molecule has 0 aliphatic heterocycles. The zero-order chi connectivity index (χ0) is 30.0. The SMILES string of the molecule is c1ccc(-c2cc(-c3ccccc3)nc(-c3cccc(-c4ccccc4)c3-c3sc(-c4ccccc4)c4ccccc34)n2)cc1. The zero-order valence-electron chi connectivity index (χ0n) is 24.5. The van der Waals surface area contributed by atoms with Gasteiger partial charge >= 0.3 is 0 Å². The van der Waals surface area contributed by atoms with E-state index in [1.165, 1.54) is 26.1 Å². The van der Waals surface area contributed by atoms with Gasteiger partial charge < -0.3 is 0 Å². The van der Waals surface area contributed by atoms with Crippen LogP contribution < -0.4 is 0 Å². The van der Waals surface area contributed by atoms with Crippen LogP contribution in [0.5, 0.6) is 0 Å². The Labute approximate surface area is 267 Å². The van der Waals surface area contributed by atoms with E-state index in [2.05, 4.69) is 158 Å². The van der Waals surface area contributed by atoms with Crippen LogP contribution >= 0.6 is 11.3 Å². The topological polar surface area (TPSA) is 25.8 Å². The van der Waals surface area contributed by atoms with E-state index in [4.69, 9.17) is 9.97 Å². The van der Waals surface area contributed by atoms with Gasteiger partial charge in [-0.05, 0) is 22.8 Å². The maximum absolute atomic E-state index is 5.26. The molecule has 0 fully saturated rings. The average Bonchev–Trinajstić information content (AvgIpc) is 3.52. The molecule has 0 aliphatic carbocycles. The molecular weight excluding hydrogens is 565 g/mol. The second-order valence-electron chi connectivity index (χ2n) is 11.0. The third-order valence-electron chi connectivity index (χ3n) is 8.14. The third kappa shape index (κ3) is 5.14. The van der Waals surface area contributed by atoms with Gasteiger partial charge in [0.25, 0.3) is 0 Å². The Morgan fingerprint density at radius 2 is 0.800 bits per heavy atom. The summed E-state index contributed by atoms with van der Waals surface area (Å²) in [5, 5.41) is 2.48. The molecular formula is C42H28N2S. The van der Waals surface area contributed by atoms with Crippen LogP contribution in [0.2, 0.25) is 0 Å². The first-order valence-corrected chi connectivity index (χ1v) is 15.9. The lowest BCUT2D eigenvalue weighted by molar-refractivity contribution is 1.18. The van der Waals surface area contributed by atoms with Gasteiger partial charge in [0.15, 0.2) is 5.82 Å². The first kappa shape index (κ1) is 26.9. The number of benzene rings is 6. The largest absolute Gasteiger partial charge is 0.228 e. The van der Waals surface area contributed by atoms with Gasteiger partial charge in [0, 0.05) is 42.8 Å². The van der Waals surface area contributed by atoms with E-state index in [1.54, 1.807) is 0 Å². The van der Waals surface area contributed by atoms with Gasteiger partial charge in [-0.3, -0.25) is 0 Å². The highest BCUT2D eigenvalue weighted by Crippen LogP contribution is 2.49. The predicted molar refractivity (Wildman–Crippen MR) is 190 cm³/mol. The lowest BCUT2D eigenvalue weighted by Crippen LogP contribution is -1.98. The molecule has 3 heteroatoms. The smallest absolute Gasteiger partial charge is 0.161 e. The fraction of sp³-hybridized carbons (Fsp3) is 0. The number of aromatic nitrogens is 2. The summed E-state index contributed by atoms with van der Waals surface area (Å²) in [4.78, 5) is 13.0. The Morgan fingerprint density at radius 3 is 1.36 bits per heavy atom. The average molecular weight is 593 g/mol. The minimum absolute atomic E-state index is 0.710. The van der Waals surface area contributed by atoms with E-state index in [1.807, 2.05) is 23.5 Å². The number of fused-ring (bicyclic) bond motifs is 1. The predicted octanol–water partition coefficient (Wildman–Crippen LogP) is 11.7. The summed E-state index contributed by atoms with van der Waals surface area (Å²) in [6.07, 6.45) is 0. The van der Waals surface area contributed by atoms with E-state index in [9.17, 15) is 0 Å². The Hall–Kier alpha value is -5.64. The minimum Gasteiger partial charge on any atom is -0.228 e. The molecule has 0 spiro atoms. The number of hydrogen-bond donors (Lipinski definition) is 0. The third-order valence-corrected chi connectivity index (χ3v) is 9.43. The van der Waals surface area contributed by atoms with Crippen LogP contribution in [0.25, 0.3) is 76.7 Å². The molecule has 0 saturated carbocycles. The van der Waals surface area contributed by atoms with Gasteiger partial charge in [0.1, 0.15) is 0 Å². The first-order chi connectivity index (χ1) is 22.3. The van der Waals surface area contributed by atoms with E-state index < -0.39 is 0 Å². The van der Waals surface area contributed by atoms with Crippen molar-refractivity contribution in [3.8, 4) is 65.9 Å². The van der Waals surface area contributed by atoms with Crippen molar-refractivity contribution in [2.75, 3.05) is 0 Å². The van der Waals surface area contributed by atoms with Crippen molar-refractivity contribution in [3.63, 3.8) is 0 Å². The molecule has 8 rings (SSSR count). The quantitative estimate of drug-likeness (QED) is 0.192. The van der Waals surface area contributed by atoms with Crippen LogP contribution in [0.3, 0.4) is 0 Å². The maximum atomic E-state index is 5.26. The lowest BCUT2D eigenvalue weighted by Gasteiger charge is -2.16. The number of nitrogens with zero attached hydrogens (tertiary/aromatic N) is 2. The molecule has 0 aliphatic rings. The molecule has 0 atom stereocenters. The van der Waals surface area contributed by atoms with Gasteiger partial charge in [-0.25, -0.2) is 9.97 Å². The van der Waals surface area contributed by atoms with Crippen LogP contribution in [-0.4, -0.2) is 9.97 Å². The van der Waals surface area contributed by atoms with Crippen molar-refractivity contribution in [2.24, 2.45) is 0 Å². The molecule has 2 heterocycles. The van der Waals surface area contributed by atoms with Crippen molar-refractivity contribution >= 4 is 22.1 Å². The number of hydrogen-bond acceptors (Lipinski definition) is 3. The molecule has 0 bridgehead atoms. The molecule has 212 valence electrons. The molecule has 0 saturated heterocycles. The number of rotatable bonds is 6. The zero-order valence-corrected chi connectivity index (χ0v) is 25.3. The molecule has 2 nitrogen and oxygen atoms in total. The van der Waals surface area contributed by atoms with Crippen molar-refractivity contribution in [3.05, 3.63) is 170 Å². The summed E-state index contributed by atoms with van der Waals surface area (Å²) >= 11 is 1.84. The van der Waals surface area contributed by atoms with E-state index in [0.717, 1.165) is 44.8 Å². The second-order valence-corrected chi connectivity index (χ2v) is 12.0. The number of thiophene rings is 1. The Kier molecular flexibility index (Phi) is 7.07. The fourth-order valence-corrected chi connectivity index (χ4v) is 7.36. The minimum atomic E-state index is 0.710. The highest BCUT2D eigenvalue weighted by Gasteiger charge is 2.22. The van der Waals surface area contributed by atoms with Crippen LogP contribution in [0.1, 0.15) is 0 Å². The Bertz CT molecular complexity index is 2180. The Morgan fingerprint density at radius 1 is 0.356 bits per heavy atom. The molecule has 6 aromatic carbocycles. The Balaban J connectivity index is 1.45. The van der Waals surface area contributed by atoms with E-state index in [-0.39, 0.29) is 0 Å². The lowest BCUT2D eigenvalue weighted by atomic mass is 9.92. The maximum Gasteiger partial charge on any atom is 0.161 e. The van der Waals surface area contributed by atoms with Gasteiger partial charge in [-0.15, -0.1) is 11.3 Å². The molecule has 0 unspecified atom stereocenters.